The summed E-state index contributed by atoms with van der Waals surface area (Å²) in [5.41, 5.74) is 5.31. The van der Waals surface area contributed by atoms with Crippen LogP contribution in [0.5, 0.6) is 5.75 Å². The minimum absolute atomic E-state index is 0.0206. The molecule has 1 aromatic carbocycles. The van der Waals surface area contributed by atoms with Crippen LogP contribution in [0.25, 0.3) is 0 Å². The number of nitrogens with one attached hydrogen (secondary N) is 1. The van der Waals surface area contributed by atoms with Crippen LogP contribution in [0.1, 0.15) is 6.92 Å². The van der Waals surface area contributed by atoms with Crippen molar-refractivity contribution in [2.45, 2.75) is 13.0 Å². The lowest BCUT2D eigenvalue weighted by Crippen LogP contribution is -2.32. The number of carbonyl (C=O) groups is 1. The first-order chi connectivity index (χ1) is 6.50. The molecule has 0 spiro atoms. The molecule has 4 N–H and O–H groups in total. The van der Waals surface area contributed by atoms with Gasteiger partial charge in [-0.2, -0.15) is 0 Å². The van der Waals surface area contributed by atoms with Gasteiger partial charge < -0.3 is 16.2 Å². The Bertz CT molecular complexity index is 353. The number of carbonyl (C=O) groups excluding carboxylic acids is 1. The predicted molar refractivity (Wildman–Crippen MR) is 50.3 cm³/mol. The Labute approximate surface area is 80.5 Å². The van der Waals surface area contributed by atoms with Gasteiger partial charge in [-0.1, -0.05) is 0 Å². The Morgan fingerprint density at radius 2 is 2.29 bits per heavy atom. The summed E-state index contributed by atoms with van der Waals surface area (Å²) in [6.45, 7) is 1.49. The van der Waals surface area contributed by atoms with E-state index in [1.807, 2.05) is 0 Å². The number of aromatic hydroxyl groups is 1. The van der Waals surface area contributed by atoms with Gasteiger partial charge in [0.15, 0.2) is 0 Å². The standard InChI is InChI=1S/C9H11FN2O2/c1-5(11)9(14)12-7-4-6(10)2-3-8(7)13/h2-5,13H,11H2,1H3,(H,12,14)/t5-/m1/s1. The topological polar surface area (TPSA) is 75.4 Å². The van der Waals surface area contributed by atoms with Crippen LogP contribution in [0.15, 0.2) is 18.2 Å². The summed E-state index contributed by atoms with van der Waals surface area (Å²) in [6.07, 6.45) is 0. The highest BCUT2D eigenvalue weighted by Crippen LogP contribution is 2.23. The molecule has 0 saturated carbocycles. The van der Waals surface area contributed by atoms with Crippen molar-refractivity contribution in [3.05, 3.63) is 24.0 Å². The number of benzene rings is 1. The summed E-state index contributed by atoms with van der Waals surface area (Å²) < 4.78 is 12.7. The zero-order valence-electron chi connectivity index (χ0n) is 7.62. The van der Waals surface area contributed by atoms with E-state index < -0.39 is 17.8 Å². The molecular formula is C9H11FN2O2. The molecule has 0 saturated heterocycles. The molecule has 0 unspecified atom stereocenters. The SMILES string of the molecule is C[C@@H](N)C(=O)Nc1cc(F)ccc1O. The number of hydrogen-bond donors (Lipinski definition) is 3. The normalized spacial score (nSPS) is 12.2. The van der Waals surface area contributed by atoms with Crippen molar-refractivity contribution in [3.8, 4) is 5.75 Å². The highest BCUT2D eigenvalue weighted by atomic mass is 19.1. The third kappa shape index (κ3) is 2.43. The molecule has 1 aromatic rings. The minimum atomic E-state index is -0.710. The predicted octanol–water partition coefficient (Wildman–Crippen LogP) is 0.817. The molecule has 1 atom stereocenters. The van der Waals surface area contributed by atoms with E-state index in [1.54, 1.807) is 0 Å². The maximum atomic E-state index is 12.7. The smallest absolute Gasteiger partial charge is 0.241 e. The molecule has 76 valence electrons. The molecule has 4 nitrogen and oxygen atoms in total. The van der Waals surface area contributed by atoms with Crippen molar-refractivity contribution in [2.75, 3.05) is 5.32 Å². The molecule has 14 heavy (non-hydrogen) atoms. The van der Waals surface area contributed by atoms with Crippen LogP contribution in [-0.4, -0.2) is 17.1 Å². The van der Waals surface area contributed by atoms with E-state index in [1.165, 1.54) is 6.92 Å². The maximum Gasteiger partial charge on any atom is 0.241 e. The van der Waals surface area contributed by atoms with Crippen LogP contribution in [0.4, 0.5) is 10.1 Å². The highest BCUT2D eigenvalue weighted by molar-refractivity contribution is 5.95. The van der Waals surface area contributed by atoms with E-state index in [2.05, 4.69) is 5.32 Å². The minimum Gasteiger partial charge on any atom is -0.506 e. The lowest BCUT2D eigenvalue weighted by molar-refractivity contribution is -0.117. The van der Waals surface area contributed by atoms with E-state index >= 15 is 0 Å². The fourth-order valence-corrected chi connectivity index (χ4v) is 0.855. The largest absolute Gasteiger partial charge is 0.506 e. The molecule has 0 bridgehead atoms. The van der Waals surface area contributed by atoms with Crippen LogP contribution in [-0.2, 0) is 4.79 Å². The van der Waals surface area contributed by atoms with Crippen molar-refractivity contribution < 1.29 is 14.3 Å². The van der Waals surface area contributed by atoms with Gasteiger partial charge in [-0.25, -0.2) is 4.39 Å². The van der Waals surface area contributed by atoms with E-state index in [9.17, 15) is 14.3 Å². The molecule has 1 amide bonds. The summed E-state index contributed by atoms with van der Waals surface area (Å²) in [5.74, 6) is -1.21. The van der Waals surface area contributed by atoms with Crippen molar-refractivity contribution in [1.29, 1.82) is 0 Å². The molecule has 0 aliphatic rings. The van der Waals surface area contributed by atoms with E-state index in [-0.39, 0.29) is 11.4 Å². The molecule has 0 aliphatic carbocycles. The van der Waals surface area contributed by atoms with E-state index in [0.29, 0.717) is 0 Å². The molecule has 5 heteroatoms. The van der Waals surface area contributed by atoms with Crippen LogP contribution < -0.4 is 11.1 Å². The van der Waals surface area contributed by atoms with Gasteiger partial charge in [0.2, 0.25) is 5.91 Å². The fraction of sp³-hybridized carbons (Fsp3) is 0.222. The first-order valence-electron chi connectivity index (χ1n) is 4.05. The molecular weight excluding hydrogens is 187 g/mol. The van der Waals surface area contributed by atoms with Crippen LogP contribution in [0.3, 0.4) is 0 Å². The number of phenols is 1. The van der Waals surface area contributed by atoms with Crippen LogP contribution in [0, 0.1) is 5.82 Å². The number of hydrogen-bond acceptors (Lipinski definition) is 3. The molecule has 0 heterocycles. The van der Waals surface area contributed by atoms with Gasteiger partial charge in [-0.3, -0.25) is 4.79 Å². The summed E-state index contributed by atoms with van der Waals surface area (Å²) in [4.78, 5) is 11.1. The van der Waals surface area contributed by atoms with Crippen molar-refractivity contribution in [1.82, 2.24) is 0 Å². The first-order valence-corrected chi connectivity index (χ1v) is 4.05. The van der Waals surface area contributed by atoms with Gasteiger partial charge in [0.25, 0.3) is 0 Å². The Morgan fingerprint density at radius 3 is 2.86 bits per heavy atom. The van der Waals surface area contributed by atoms with Crippen LogP contribution in [0.2, 0.25) is 0 Å². The second-order valence-electron chi connectivity index (χ2n) is 2.94. The van der Waals surface area contributed by atoms with E-state index in [0.717, 1.165) is 18.2 Å². The van der Waals surface area contributed by atoms with Crippen molar-refractivity contribution in [2.24, 2.45) is 5.73 Å². The Morgan fingerprint density at radius 1 is 1.64 bits per heavy atom. The second kappa shape index (κ2) is 4.06. The summed E-state index contributed by atoms with van der Waals surface area (Å²) in [5, 5.41) is 11.5. The third-order valence-corrected chi connectivity index (χ3v) is 1.63. The number of phenolic OH excluding ortho intramolecular Hbond substituents is 1. The number of halogens is 1. The molecule has 0 aliphatic heterocycles. The van der Waals surface area contributed by atoms with Crippen LogP contribution >= 0.6 is 0 Å². The molecule has 1 rings (SSSR count). The monoisotopic (exact) mass is 198 g/mol. The number of anilines is 1. The number of rotatable bonds is 2. The molecule has 0 radical (unpaired) electrons. The van der Waals surface area contributed by atoms with Crippen molar-refractivity contribution in [3.63, 3.8) is 0 Å². The fourth-order valence-electron chi connectivity index (χ4n) is 0.855. The second-order valence-corrected chi connectivity index (χ2v) is 2.94. The lowest BCUT2D eigenvalue weighted by Gasteiger charge is -2.08. The summed E-state index contributed by atoms with van der Waals surface area (Å²) in [7, 11) is 0. The summed E-state index contributed by atoms with van der Waals surface area (Å²) in [6, 6.07) is 2.57. The maximum absolute atomic E-state index is 12.7. The number of nitrogens with two attached hydrogens (primary N) is 1. The Kier molecular flexibility index (Phi) is 3.03. The average molecular weight is 198 g/mol. The third-order valence-electron chi connectivity index (χ3n) is 1.63. The number of amides is 1. The Balaban J connectivity index is 2.86. The molecule has 0 fully saturated rings. The van der Waals surface area contributed by atoms with E-state index in [4.69, 9.17) is 5.73 Å². The zero-order valence-corrected chi connectivity index (χ0v) is 7.62. The lowest BCUT2D eigenvalue weighted by atomic mass is 10.2. The summed E-state index contributed by atoms with van der Waals surface area (Å²) >= 11 is 0. The first kappa shape index (κ1) is 10.5. The average Bonchev–Trinajstić information content (AvgIpc) is 2.11. The van der Waals surface area contributed by atoms with Gasteiger partial charge in [0, 0.05) is 6.07 Å². The van der Waals surface area contributed by atoms with Gasteiger partial charge >= 0.3 is 0 Å². The molecule has 0 aromatic heterocycles. The zero-order chi connectivity index (χ0) is 10.7. The highest BCUT2D eigenvalue weighted by Gasteiger charge is 2.10. The van der Waals surface area contributed by atoms with Gasteiger partial charge in [-0.15, -0.1) is 0 Å². The Hall–Kier alpha value is -1.62. The quantitative estimate of drug-likeness (QED) is 0.616. The van der Waals surface area contributed by atoms with Gasteiger partial charge in [0.1, 0.15) is 11.6 Å². The van der Waals surface area contributed by atoms with Crippen molar-refractivity contribution >= 4 is 11.6 Å². The van der Waals surface area contributed by atoms with Gasteiger partial charge in [-0.05, 0) is 19.1 Å². The van der Waals surface area contributed by atoms with Gasteiger partial charge in [0.05, 0.1) is 11.7 Å².